The topological polar surface area (TPSA) is 137 Å². The maximum absolute atomic E-state index is 13.3. The zero-order chi connectivity index (χ0) is 33.1. The van der Waals surface area contributed by atoms with E-state index in [2.05, 4.69) is 20.3 Å². The van der Waals surface area contributed by atoms with Crippen LogP contribution in [-0.4, -0.2) is 51.0 Å². The molecule has 12 heteroatoms. The number of rotatable bonds is 13. The predicted molar refractivity (Wildman–Crippen MR) is 165 cm³/mol. The Morgan fingerprint density at radius 1 is 1.02 bits per heavy atom. The number of aliphatic carboxylic acids is 1. The van der Waals surface area contributed by atoms with Gasteiger partial charge < -0.3 is 25.1 Å². The number of fused-ring (bicyclic) bond motifs is 1. The third kappa shape index (κ3) is 10.2. The molecule has 0 aliphatic carbocycles. The molecule has 0 fully saturated rings. The molecule has 9 nitrogen and oxygen atoms in total. The number of halogens is 3. The van der Waals surface area contributed by atoms with E-state index >= 15 is 0 Å². The Bertz CT molecular complexity index is 1580. The van der Waals surface area contributed by atoms with Crippen molar-refractivity contribution in [1.29, 1.82) is 0 Å². The number of ketones is 1. The number of aromatic amines is 2. The van der Waals surface area contributed by atoms with Crippen molar-refractivity contribution in [2.24, 2.45) is 5.92 Å². The molecule has 4 rings (SSSR count). The number of amides is 1. The molecule has 45 heavy (non-hydrogen) atoms. The maximum Gasteiger partial charge on any atom is 0.490 e. The van der Waals surface area contributed by atoms with Crippen molar-refractivity contribution in [3.63, 3.8) is 0 Å². The Morgan fingerprint density at radius 3 is 2.33 bits per heavy atom. The number of hydrogen-bond donors (Lipinski definition) is 4. The second-order valence-corrected chi connectivity index (χ2v) is 11.0. The summed E-state index contributed by atoms with van der Waals surface area (Å²) in [6.07, 6.45) is 1.02. The SMILES string of the molecule is COc1ccc2[nH]c(C)c(CC(=O)N[C@@H](CCCCCC(=O)C(C)C)c3ncc(-c4ccccc4)[nH]3)c2c1.O=C(O)C(F)(F)F. The maximum atomic E-state index is 13.3. The number of carbonyl (C=O) groups excluding carboxylic acids is 2. The average molecular weight is 629 g/mol. The monoisotopic (exact) mass is 628 g/mol. The minimum absolute atomic E-state index is 0.0607. The Kier molecular flexibility index (Phi) is 12.3. The van der Waals surface area contributed by atoms with Gasteiger partial charge >= 0.3 is 12.1 Å². The summed E-state index contributed by atoms with van der Waals surface area (Å²) < 4.78 is 37.1. The lowest BCUT2D eigenvalue weighted by Gasteiger charge is -2.17. The zero-order valence-electron chi connectivity index (χ0n) is 25.8. The Balaban J connectivity index is 0.000000707. The summed E-state index contributed by atoms with van der Waals surface area (Å²) in [4.78, 5) is 45.6. The van der Waals surface area contributed by atoms with Crippen LogP contribution in [0.5, 0.6) is 5.75 Å². The zero-order valence-corrected chi connectivity index (χ0v) is 25.8. The van der Waals surface area contributed by atoms with Gasteiger partial charge in [0.15, 0.2) is 0 Å². The summed E-state index contributed by atoms with van der Waals surface area (Å²) in [5.41, 5.74) is 4.89. The normalized spacial score (nSPS) is 12.0. The fourth-order valence-corrected chi connectivity index (χ4v) is 4.79. The first kappa shape index (κ1) is 34.9. The summed E-state index contributed by atoms with van der Waals surface area (Å²) in [7, 11) is 1.64. The highest BCUT2D eigenvalue weighted by Gasteiger charge is 2.38. The lowest BCUT2D eigenvalue weighted by atomic mass is 10.0. The van der Waals surface area contributed by atoms with Crippen LogP contribution in [0.3, 0.4) is 0 Å². The van der Waals surface area contributed by atoms with Gasteiger partial charge in [-0.05, 0) is 49.1 Å². The number of H-pyrrole nitrogens is 2. The van der Waals surface area contributed by atoms with Crippen LogP contribution in [0.25, 0.3) is 22.2 Å². The summed E-state index contributed by atoms with van der Waals surface area (Å²) in [5.74, 6) is -0.931. The number of hydrogen-bond acceptors (Lipinski definition) is 5. The number of unbranched alkanes of at least 4 members (excludes halogenated alkanes) is 2. The van der Waals surface area contributed by atoms with E-state index in [1.54, 1.807) is 7.11 Å². The average Bonchev–Trinajstić information content (AvgIpc) is 3.61. The molecule has 0 aliphatic rings. The fraction of sp³-hybridized carbons (Fsp3) is 0.394. The first-order valence-electron chi connectivity index (χ1n) is 14.7. The third-order valence-electron chi connectivity index (χ3n) is 7.31. The Morgan fingerprint density at radius 2 is 1.71 bits per heavy atom. The molecule has 242 valence electrons. The lowest BCUT2D eigenvalue weighted by molar-refractivity contribution is -0.192. The van der Waals surface area contributed by atoms with Crippen LogP contribution in [0.4, 0.5) is 13.2 Å². The highest BCUT2D eigenvalue weighted by Crippen LogP contribution is 2.28. The second kappa shape index (κ2) is 15.9. The van der Waals surface area contributed by atoms with Crippen LogP contribution in [0.2, 0.25) is 0 Å². The number of imidazole rings is 1. The van der Waals surface area contributed by atoms with Crippen molar-refractivity contribution in [3.8, 4) is 17.0 Å². The van der Waals surface area contributed by atoms with Gasteiger partial charge in [-0.15, -0.1) is 0 Å². The number of nitrogens with one attached hydrogen (secondary N) is 3. The first-order valence-corrected chi connectivity index (χ1v) is 14.7. The fourth-order valence-electron chi connectivity index (χ4n) is 4.79. The van der Waals surface area contributed by atoms with Gasteiger partial charge in [0.1, 0.15) is 17.4 Å². The number of aromatic nitrogens is 3. The number of aryl methyl sites for hydroxylation is 1. The van der Waals surface area contributed by atoms with Gasteiger partial charge in [0, 0.05) is 28.9 Å². The van der Waals surface area contributed by atoms with Crippen molar-refractivity contribution in [2.45, 2.75) is 71.5 Å². The van der Waals surface area contributed by atoms with Gasteiger partial charge in [-0.2, -0.15) is 13.2 Å². The number of carbonyl (C=O) groups is 3. The van der Waals surface area contributed by atoms with Crippen molar-refractivity contribution >= 4 is 28.6 Å². The van der Waals surface area contributed by atoms with E-state index < -0.39 is 12.1 Å². The number of alkyl halides is 3. The number of carboxylic acids is 1. The Labute approximate surface area is 259 Å². The molecule has 0 saturated heterocycles. The minimum atomic E-state index is -5.08. The van der Waals surface area contributed by atoms with Crippen molar-refractivity contribution < 1.29 is 37.4 Å². The van der Waals surface area contributed by atoms with Crippen LogP contribution < -0.4 is 10.1 Å². The van der Waals surface area contributed by atoms with E-state index in [0.717, 1.165) is 70.7 Å². The van der Waals surface area contributed by atoms with Crippen LogP contribution in [0.1, 0.15) is 69.1 Å². The molecule has 1 amide bonds. The highest BCUT2D eigenvalue weighted by atomic mass is 19.4. The Hall–Kier alpha value is -4.61. The van der Waals surface area contributed by atoms with Gasteiger partial charge in [0.2, 0.25) is 5.91 Å². The number of nitrogens with zero attached hydrogens (tertiary/aromatic N) is 1. The molecular weight excluding hydrogens is 589 g/mol. The first-order chi connectivity index (χ1) is 21.3. The standard InChI is InChI=1S/C31H38N4O3.C2HF3O2/c1-20(2)29(36)14-10-6-9-13-27(31-32-19-28(35-31)22-11-7-5-8-12-22)34-30(37)18-24-21(3)33-26-16-15-23(38-4)17-25(24)26;3-2(4,5)1(6)7/h5,7-8,11-12,15-17,19-20,27,33H,6,9-10,13-14,18H2,1-4H3,(H,32,35)(H,34,37);(H,6,7)/t27-;/m0./s1. The second-order valence-electron chi connectivity index (χ2n) is 11.0. The molecule has 2 aromatic heterocycles. The van der Waals surface area contributed by atoms with Gasteiger partial charge in [-0.1, -0.05) is 57.0 Å². The van der Waals surface area contributed by atoms with Gasteiger partial charge in [0.25, 0.3) is 0 Å². The van der Waals surface area contributed by atoms with E-state index in [9.17, 15) is 22.8 Å². The van der Waals surface area contributed by atoms with E-state index in [1.165, 1.54) is 0 Å². The van der Waals surface area contributed by atoms with Crippen LogP contribution in [-0.2, 0) is 20.8 Å². The highest BCUT2D eigenvalue weighted by molar-refractivity contribution is 5.91. The summed E-state index contributed by atoms with van der Waals surface area (Å²) in [6, 6.07) is 15.6. The third-order valence-corrected chi connectivity index (χ3v) is 7.31. The molecule has 2 heterocycles. The van der Waals surface area contributed by atoms with Gasteiger partial charge in [-0.25, -0.2) is 9.78 Å². The van der Waals surface area contributed by atoms with Crippen molar-refractivity contribution in [2.75, 3.05) is 7.11 Å². The predicted octanol–water partition coefficient (Wildman–Crippen LogP) is 7.08. The number of ether oxygens (including phenoxy) is 1. The molecule has 0 spiro atoms. The molecule has 4 N–H and O–H groups in total. The van der Waals surface area contributed by atoms with E-state index in [-0.39, 0.29) is 24.3 Å². The molecule has 0 unspecified atom stereocenters. The van der Waals surface area contributed by atoms with Crippen LogP contribution in [0, 0.1) is 12.8 Å². The van der Waals surface area contributed by atoms with E-state index in [1.807, 2.05) is 75.5 Å². The quantitative estimate of drug-likeness (QED) is 0.117. The molecule has 0 aliphatic heterocycles. The molecule has 1 atom stereocenters. The number of Topliss-reactive ketones (excluding diaryl/α,β-unsaturated/α-hetero) is 1. The molecule has 0 saturated carbocycles. The van der Waals surface area contributed by atoms with Gasteiger partial charge in [-0.3, -0.25) is 9.59 Å². The smallest absolute Gasteiger partial charge is 0.490 e. The summed E-state index contributed by atoms with van der Waals surface area (Å²) in [5, 5.41) is 11.3. The molecule has 0 radical (unpaired) electrons. The van der Waals surface area contributed by atoms with Gasteiger partial charge in [0.05, 0.1) is 31.5 Å². The van der Waals surface area contributed by atoms with E-state index in [4.69, 9.17) is 14.6 Å². The lowest BCUT2D eigenvalue weighted by Crippen LogP contribution is -2.30. The van der Waals surface area contributed by atoms with Crippen molar-refractivity contribution in [3.05, 3.63) is 71.8 Å². The molecular formula is C33H39F3N4O5. The number of benzene rings is 2. The van der Waals surface area contributed by atoms with Crippen LogP contribution in [0.15, 0.2) is 54.7 Å². The summed E-state index contributed by atoms with van der Waals surface area (Å²) >= 11 is 0. The number of carboxylic acid groups (broad SMARTS) is 1. The minimum Gasteiger partial charge on any atom is -0.497 e. The number of methoxy groups -OCH3 is 1. The van der Waals surface area contributed by atoms with Crippen LogP contribution >= 0.6 is 0 Å². The van der Waals surface area contributed by atoms with E-state index in [0.29, 0.717) is 12.2 Å². The molecule has 2 aromatic carbocycles. The molecule has 4 aromatic rings. The summed E-state index contributed by atoms with van der Waals surface area (Å²) in [6.45, 7) is 5.88. The largest absolute Gasteiger partial charge is 0.497 e. The molecule has 0 bridgehead atoms. The van der Waals surface area contributed by atoms with Crippen molar-refractivity contribution in [1.82, 2.24) is 20.3 Å².